The first-order chi connectivity index (χ1) is 13.9. The van der Waals surface area contributed by atoms with Gasteiger partial charge in [0.05, 0.1) is 10.4 Å². The molecule has 0 atom stereocenters. The summed E-state index contributed by atoms with van der Waals surface area (Å²) in [6.07, 6.45) is 1.98. The smallest absolute Gasteiger partial charge is 0.243 e. The summed E-state index contributed by atoms with van der Waals surface area (Å²) in [5.41, 5.74) is 2.03. The van der Waals surface area contributed by atoms with E-state index in [9.17, 15) is 17.6 Å². The van der Waals surface area contributed by atoms with Crippen molar-refractivity contribution in [2.45, 2.75) is 18.2 Å². The van der Waals surface area contributed by atoms with E-state index in [0.29, 0.717) is 38.1 Å². The maximum atomic E-state index is 13.8. The van der Waals surface area contributed by atoms with Crippen LogP contribution in [0, 0.1) is 5.82 Å². The molecule has 1 fully saturated rings. The topological polar surface area (TPSA) is 71.4 Å². The van der Waals surface area contributed by atoms with Crippen LogP contribution in [0.2, 0.25) is 0 Å². The molecular weight excluding hydrogens is 393 g/mol. The van der Waals surface area contributed by atoms with E-state index in [0.717, 1.165) is 16.5 Å². The molecule has 0 saturated carbocycles. The first-order valence-corrected chi connectivity index (χ1v) is 11.0. The molecule has 0 spiro atoms. The standard InChI is InChI=1S/C21H22FN3O3S/c1-2-21(26)25-14-19(18-8-5-16(22)13-20(18)25)15-3-6-17(7-4-15)29(27,28)24-11-9-23-10-12-24/h3-8,13-14,23H,2,9-12H2,1H3. The number of nitrogens with zero attached hydrogens (tertiary/aromatic N) is 2. The van der Waals surface area contributed by atoms with Gasteiger partial charge in [0, 0.05) is 49.7 Å². The van der Waals surface area contributed by atoms with E-state index in [1.807, 2.05) is 0 Å². The number of halogens is 1. The molecule has 8 heteroatoms. The van der Waals surface area contributed by atoms with Gasteiger partial charge in [-0.25, -0.2) is 12.8 Å². The Bertz CT molecular complexity index is 1160. The van der Waals surface area contributed by atoms with E-state index >= 15 is 0 Å². The number of hydrogen-bond donors (Lipinski definition) is 1. The molecule has 4 rings (SSSR count). The molecule has 1 aliphatic heterocycles. The lowest BCUT2D eigenvalue weighted by atomic mass is 10.1. The molecule has 1 aliphatic rings. The molecule has 1 aromatic heterocycles. The number of benzene rings is 2. The number of carbonyl (C=O) groups is 1. The van der Waals surface area contributed by atoms with Crippen LogP contribution in [0.25, 0.3) is 22.0 Å². The van der Waals surface area contributed by atoms with Gasteiger partial charge in [0.2, 0.25) is 15.9 Å². The SMILES string of the molecule is CCC(=O)n1cc(-c2ccc(S(=O)(=O)N3CCNCC3)cc2)c2ccc(F)cc21. The van der Waals surface area contributed by atoms with Crippen LogP contribution in [-0.2, 0) is 10.0 Å². The van der Waals surface area contributed by atoms with Crippen molar-refractivity contribution in [1.29, 1.82) is 0 Å². The number of hydrogen-bond acceptors (Lipinski definition) is 4. The molecule has 152 valence electrons. The van der Waals surface area contributed by atoms with Crippen LogP contribution in [0.15, 0.2) is 53.6 Å². The minimum atomic E-state index is -3.54. The van der Waals surface area contributed by atoms with E-state index in [-0.39, 0.29) is 10.8 Å². The second kappa shape index (κ2) is 7.70. The van der Waals surface area contributed by atoms with Crippen LogP contribution < -0.4 is 5.32 Å². The second-order valence-corrected chi connectivity index (χ2v) is 8.94. The first kappa shape index (κ1) is 19.8. The van der Waals surface area contributed by atoms with Crippen LogP contribution in [0.5, 0.6) is 0 Å². The van der Waals surface area contributed by atoms with Gasteiger partial charge in [0.15, 0.2) is 0 Å². The summed E-state index contributed by atoms with van der Waals surface area (Å²) in [6, 6.07) is 11.0. The van der Waals surface area contributed by atoms with Crippen LogP contribution in [0.1, 0.15) is 18.1 Å². The van der Waals surface area contributed by atoms with Crippen molar-refractivity contribution in [2.75, 3.05) is 26.2 Å². The molecule has 0 amide bonds. The molecular formula is C21H22FN3O3S. The van der Waals surface area contributed by atoms with Crippen molar-refractivity contribution in [3.8, 4) is 11.1 Å². The van der Waals surface area contributed by atoms with Gasteiger partial charge < -0.3 is 5.32 Å². The van der Waals surface area contributed by atoms with Crippen molar-refractivity contribution in [3.05, 3.63) is 54.5 Å². The van der Waals surface area contributed by atoms with E-state index < -0.39 is 15.8 Å². The summed E-state index contributed by atoms with van der Waals surface area (Å²) in [6.45, 7) is 3.92. The van der Waals surface area contributed by atoms with Gasteiger partial charge in [-0.3, -0.25) is 9.36 Å². The third-order valence-corrected chi connectivity index (χ3v) is 7.13. The average molecular weight is 415 g/mol. The largest absolute Gasteiger partial charge is 0.314 e. The predicted octanol–water partition coefficient (Wildman–Crippen LogP) is 3.09. The summed E-state index contributed by atoms with van der Waals surface area (Å²) in [4.78, 5) is 12.5. The lowest BCUT2D eigenvalue weighted by molar-refractivity contribution is 0.0914. The first-order valence-electron chi connectivity index (χ1n) is 9.57. The van der Waals surface area contributed by atoms with E-state index in [1.54, 1.807) is 43.5 Å². The Morgan fingerprint density at radius 2 is 1.79 bits per heavy atom. The third kappa shape index (κ3) is 3.59. The molecule has 3 aromatic rings. The van der Waals surface area contributed by atoms with Gasteiger partial charge in [0.1, 0.15) is 5.82 Å². The summed E-state index contributed by atoms with van der Waals surface area (Å²) < 4.78 is 42.3. The number of rotatable bonds is 4. The summed E-state index contributed by atoms with van der Waals surface area (Å²) in [7, 11) is -3.54. The summed E-state index contributed by atoms with van der Waals surface area (Å²) in [5, 5.41) is 3.88. The molecule has 0 bridgehead atoms. The molecule has 0 aliphatic carbocycles. The fourth-order valence-electron chi connectivity index (χ4n) is 3.65. The zero-order valence-corrected chi connectivity index (χ0v) is 16.9. The molecule has 2 aromatic carbocycles. The Kier molecular flexibility index (Phi) is 5.24. The van der Waals surface area contributed by atoms with Crippen molar-refractivity contribution in [3.63, 3.8) is 0 Å². The van der Waals surface area contributed by atoms with Crippen molar-refractivity contribution >= 4 is 26.8 Å². The van der Waals surface area contributed by atoms with Gasteiger partial charge in [-0.1, -0.05) is 19.1 Å². The highest BCUT2D eigenvalue weighted by molar-refractivity contribution is 7.89. The molecule has 1 N–H and O–H groups in total. The monoisotopic (exact) mass is 415 g/mol. The van der Waals surface area contributed by atoms with Gasteiger partial charge in [-0.15, -0.1) is 0 Å². The zero-order valence-electron chi connectivity index (χ0n) is 16.1. The molecule has 2 heterocycles. The Labute approximate surface area is 169 Å². The second-order valence-electron chi connectivity index (χ2n) is 7.00. The van der Waals surface area contributed by atoms with E-state index in [4.69, 9.17) is 0 Å². The van der Waals surface area contributed by atoms with Gasteiger partial charge >= 0.3 is 0 Å². The van der Waals surface area contributed by atoms with Crippen LogP contribution in [0.4, 0.5) is 4.39 Å². The van der Waals surface area contributed by atoms with Crippen molar-refractivity contribution < 1.29 is 17.6 Å². The molecule has 6 nitrogen and oxygen atoms in total. The van der Waals surface area contributed by atoms with Gasteiger partial charge in [-0.05, 0) is 35.9 Å². The molecule has 29 heavy (non-hydrogen) atoms. The molecule has 1 saturated heterocycles. The quantitative estimate of drug-likeness (QED) is 0.711. The van der Waals surface area contributed by atoms with Crippen molar-refractivity contribution in [1.82, 2.24) is 14.2 Å². The zero-order chi connectivity index (χ0) is 20.6. The Hall–Kier alpha value is -2.55. The van der Waals surface area contributed by atoms with E-state index in [2.05, 4.69) is 5.32 Å². The average Bonchev–Trinajstić information content (AvgIpc) is 3.12. The van der Waals surface area contributed by atoms with E-state index in [1.165, 1.54) is 21.0 Å². The van der Waals surface area contributed by atoms with Crippen LogP contribution >= 0.6 is 0 Å². The lowest BCUT2D eigenvalue weighted by Gasteiger charge is -2.26. The maximum Gasteiger partial charge on any atom is 0.243 e. The van der Waals surface area contributed by atoms with Crippen LogP contribution in [0.3, 0.4) is 0 Å². The minimum Gasteiger partial charge on any atom is -0.314 e. The molecule has 0 unspecified atom stereocenters. The Balaban J connectivity index is 1.74. The van der Waals surface area contributed by atoms with Gasteiger partial charge in [0.25, 0.3) is 0 Å². The number of aromatic nitrogens is 1. The molecule has 0 radical (unpaired) electrons. The summed E-state index contributed by atoms with van der Waals surface area (Å²) in [5.74, 6) is -0.547. The highest BCUT2D eigenvalue weighted by Gasteiger charge is 2.26. The fraction of sp³-hybridized carbons (Fsp3) is 0.286. The maximum absolute atomic E-state index is 13.8. The fourth-order valence-corrected chi connectivity index (χ4v) is 5.09. The Morgan fingerprint density at radius 1 is 1.10 bits per heavy atom. The number of piperazine rings is 1. The number of carbonyl (C=O) groups excluding carboxylic acids is 1. The lowest BCUT2D eigenvalue weighted by Crippen LogP contribution is -2.46. The van der Waals surface area contributed by atoms with Crippen LogP contribution in [-0.4, -0.2) is 49.4 Å². The van der Waals surface area contributed by atoms with Gasteiger partial charge in [-0.2, -0.15) is 4.31 Å². The normalized spacial score (nSPS) is 15.7. The number of fused-ring (bicyclic) bond motifs is 1. The highest BCUT2D eigenvalue weighted by Crippen LogP contribution is 2.32. The third-order valence-electron chi connectivity index (χ3n) is 5.22. The highest BCUT2D eigenvalue weighted by atomic mass is 32.2. The predicted molar refractivity (Wildman–Crippen MR) is 110 cm³/mol. The minimum absolute atomic E-state index is 0.134. The Morgan fingerprint density at radius 3 is 2.45 bits per heavy atom. The number of nitrogens with one attached hydrogen (secondary N) is 1. The van der Waals surface area contributed by atoms with Crippen molar-refractivity contribution in [2.24, 2.45) is 0 Å². The summed E-state index contributed by atoms with van der Waals surface area (Å²) >= 11 is 0. The number of sulfonamides is 1.